The summed E-state index contributed by atoms with van der Waals surface area (Å²) in [6.45, 7) is 25.8. The van der Waals surface area contributed by atoms with Gasteiger partial charge in [0.2, 0.25) is 0 Å². The van der Waals surface area contributed by atoms with Crippen molar-refractivity contribution < 1.29 is 16.8 Å². The predicted octanol–water partition coefficient (Wildman–Crippen LogP) is 9.41. The van der Waals surface area contributed by atoms with E-state index in [-0.39, 0.29) is 36.9 Å². The molecule has 0 heterocycles. The van der Waals surface area contributed by atoms with Gasteiger partial charge in [0.05, 0.1) is 13.2 Å². The first-order chi connectivity index (χ1) is 17.1. The first-order valence-electron chi connectivity index (χ1n) is 13.9. The van der Waals surface area contributed by atoms with Gasteiger partial charge >= 0.3 is 10.4 Å². The molecule has 2 aromatic rings. The second kappa shape index (κ2) is 12.9. The Bertz CT molecular complexity index is 1010. The normalized spacial score (nSPS) is 12.8. The Kier molecular flexibility index (Phi) is 11.0. The van der Waals surface area contributed by atoms with Crippen LogP contribution in [-0.2, 0) is 32.0 Å². The number of hydrogen-bond acceptors (Lipinski definition) is 4. The third-order valence-corrected chi connectivity index (χ3v) is 8.01. The molecule has 0 aliphatic heterocycles. The monoisotopic (exact) mass is 530 g/mol. The van der Waals surface area contributed by atoms with Gasteiger partial charge in [-0.3, -0.25) is 0 Å². The average molecular weight is 531 g/mol. The van der Waals surface area contributed by atoms with Crippen LogP contribution >= 0.6 is 0 Å². The minimum absolute atomic E-state index is 0.0257. The smallest absolute Gasteiger partial charge is 0.243 e. The van der Waals surface area contributed by atoms with Crippen LogP contribution in [0.5, 0.6) is 0 Å². The van der Waals surface area contributed by atoms with Gasteiger partial charge in [0.15, 0.2) is 0 Å². The molecule has 0 spiro atoms. The van der Waals surface area contributed by atoms with Crippen LogP contribution in [-0.4, -0.2) is 8.42 Å². The minimum Gasteiger partial charge on any atom is -0.243 e. The van der Waals surface area contributed by atoms with Crippen molar-refractivity contribution in [3.05, 3.63) is 68.8 Å². The van der Waals surface area contributed by atoms with Crippen molar-refractivity contribution in [3.8, 4) is 0 Å². The third-order valence-electron chi connectivity index (χ3n) is 7.20. The fraction of sp³-hybridized carbons (Fsp3) is 0.625. The number of hydrogen-bond donors (Lipinski definition) is 0. The van der Waals surface area contributed by atoms with Crippen molar-refractivity contribution in [2.24, 2.45) is 0 Å². The molecule has 0 saturated carbocycles. The van der Waals surface area contributed by atoms with Crippen molar-refractivity contribution in [2.75, 3.05) is 0 Å². The molecule has 0 aliphatic rings. The van der Waals surface area contributed by atoms with E-state index in [1.165, 1.54) is 11.1 Å². The summed E-state index contributed by atoms with van der Waals surface area (Å²) in [5.74, 6) is 1.79. The van der Waals surface area contributed by atoms with Crippen LogP contribution in [0.4, 0.5) is 0 Å². The average Bonchev–Trinajstić information content (AvgIpc) is 2.79. The fourth-order valence-corrected chi connectivity index (χ4v) is 5.43. The van der Waals surface area contributed by atoms with Crippen LogP contribution < -0.4 is 0 Å². The molecule has 0 unspecified atom stereocenters. The molecule has 0 aliphatic carbocycles. The maximum atomic E-state index is 13.0. The van der Waals surface area contributed by atoms with Crippen molar-refractivity contribution >= 4 is 10.4 Å². The van der Waals surface area contributed by atoms with Gasteiger partial charge in [-0.15, -0.1) is 0 Å². The molecule has 37 heavy (non-hydrogen) atoms. The van der Waals surface area contributed by atoms with E-state index in [1.807, 2.05) is 0 Å². The molecule has 0 fully saturated rings. The molecule has 5 heteroatoms. The Hall–Kier alpha value is -1.69. The van der Waals surface area contributed by atoms with E-state index in [0.717, 1.165) is 33.4 Å². The minimum atomic E-state index is -4.20. The van der Waals surface area contributed by atoms with Crippen molar-refractivity contribution in [2.45, 2.75) is 132 Å². The molecule has 0 atom stereocenters. The molecule has 2 rings (SSSR count). The molecule has 208 valence electrons. The lowest BCUT2D eigenvalue weighted by molar-refractivity contribution is 0.200. The van der Waals surface area contributed by atoms with E-state index < -0.39 is 10.4 Å². The van der Waals surface area contributed by atoms with E-state index in [0.29, 0.717) is 11.8 Å². The summed E-state index contributed by atoms with van der Waals surface area (Å²) >= 11 is 0. The zero-order valence-corrected chi connectivity index (χ0v) is 26.0. The molecular weight excluding hydrogens is 480 g/mol. The third kappa shape index (κ3) is 8.15. The van der Waals surface area contributed by atoms with Crippen molar-refractivity contribution in [1.82, 2.24) is 0 Å². The highest BCUT2D eigenvalue weighted by Gasteiger charge is 2.23. The van der Waals surface area contributed by atoms with Crippen LogP contribution in [0.3, 0.4) is 0 Å². The van der Waals surface area contributed by atoms with Gasteiger partial charge in [-0.1, -0.05) is 107 Å². The largest absolute Gasteiger partial charge is 0.400 e. The maximum Gasteiger partial charge on any atom is 0.400 e. The molecule has 0 N–H and O–H groups in total. The summed E-state index contributed by atoms with van der Waals surface area (Å²) < 4.78 is 37.1. The first-order valence-corrected chi connectivity index (χ1v) is 15.3. The molecule has 2 aromatic carbocycles. The van der Waals surface area contributed by atoms with Crippen molar-refractivity contribution in [3.63, 3.8) is 0 Å². The number of benzene rings is 2. The van der Waals surface area contributed by atoms with Gasteiger partial charge in [0.1, 0.15) is 0 Å². The highest BCUT2D eigenvalue weighted by Crippen LogP contribution is 2.35. The lowest BCUT2D eigenvalue weighted by Gasteiger charge is -2.23. The summed E-state index contributed by atoms with van der Waals surface area (Å²) in [7, 11) is -4.20. The predicted molar refractivity (Wildman–Crippen MR) is 156 cm³/mol. The Morgan fingerprint density at radius 2 is 0.730 bits per heavy atom. The SMILES string of the molecule is CC(C)c1cc(C(C)C)c(COS(=O)(=O)OCc2c(C(C)C)cc(C(C)C)cc2C(C)C)c(C(C)C)c1. The molecule has 4 nitrogen and oxygen atoms in total. The van der Waals surface area contributed by atoms with E-state index in [2.05, 4.69) is 107 Å². The fourth-order valence-electron chi connectivity index (χ4n) is 4.84. The Morgan fingerprint density at radius 3 is 0.919 bits per heavy atom. The second-order valence-electron chi connectivity index (χ2n) is 12.2. The van der Waals surface area contributed by atoms with Gasteiger partial charge in [0, 0.05) is 0 Å². The first kappa shape index (κ1) is 31.5. The summed E-state index contributed by atoms with van der Waals surface area (Å²) in [6, 6.07) is 8.81. The molecule has 0 radical (unpaired) electrons. The maximum absolute atomic E-state index is 13.0. The van der Waals surface area contributed by atoms with Crippen LogP contribution in [0.2, 0.25) is 0 Å². The van der Waals surface area contributed by atoms with Gasteiger partial charge in [0.25, 0.3) is 0 Å². The lowest BCUT2D eigenvalue weighted by Crippen LogP contribution is -2.15. The molecular formula is C32H50O4S. The number of rotatable bonds is 12. The summed E-state index contributed by atoms with van der Waals surface area (Å²) in [5, 5.41) is 0. The molecule has 0 aromatic heterocycles. The lowest BCUT2D eigenvalue weighted by atomic mass is 9.85. The van der Waals surface area contributed by atoms with E-state index in [4.69, 9.17) is 8.37 Å². The molecule has 0 saturated heterocycles. The summed E-state index contributed by atoms with van der Waals surface area (Å²) in [5.41, 5.74) is 8.99. The van der Waals surface area contributed by atoms with Gasteiger partial charge in [-0.05, 0) is 80.0 Å². The van der Waals surface area contributed by atoms with Gasteiger partial charge < -0.3 is 0 Å². The zero-order chi connectivity index (χ0) is 28.2. The van der Waals surface area contributed by atoms with Gasteiger partial charge in [-0.2, -0.15) is 8.42 Å². The molecule has 0 bridgehead atoms. The Balaban J connectivity index is 2.38. The quantitative estimate of drug-likeness (QED) is 0.274. The van der Waals surface area contributed by atoms with Crippen LogP contribution in [0, 0.1) is 0 Å². The van der Waals surface area contributed by atoms with Crippen LogP contribution in [0.15, 0.2) is 24.3 Å². The van der Waals surface area contributed by atoms with E-state index >= 15 is 0 Å². The standard InChI is InChI=1S/C32H50O4S/c1-19(2)25-13-27(21(5)6)31(28(14-25)22(7)8)17-35-37(33,34)36-18-32-29(23(9)10)15-26(20(3)4)16-30(32)24(11)12/h13-16,19-24H,17-18H2,1-12H3. The zero-order valence-electron chi connectivity index (χ0n) is 25.2. The van der Waals surface area contributed by atoms with Gasteiger partial charge in [-0.25, -0.2) is 8.37 Å². The van der Waals surface area contributed by atoms with E-state index in [1.54, 1.807) is 0 Å². The summed E-state index contributed by atoms with van der Waals surface area (Å²) in [4.78, 5) is 0. The molecule has 0 amide bonds. The second-order valence-corrected chi connectivity index (χ2v) is 13.5. The highest BCUT2D eigenvalue weighted by molar-refractivity contribution is 7.81. The Morgan fingerprint density at radius 1 is 0.486 bits per heavy atom. The summed E-state index contributed by atoms with van der Waals surface area (Å²) in [6.07, 6.45) is 0. The highest BCUT2D eigenvalue weighted by atomic mass is 32.3. The topological polar surface area (TPSA) is 52.6 Å². The van der Waals surface area contributed by atoms with E-state index in [9.17, 15) is 8.42 Å². The Labute approximate surface area is 227 Å². The van der Waals surface area contributed by atoms with Crippen molar-refractivity contribution in [1.29, 1.82) is 0 Å². The van der Waals surface area contributed by atoms with Crippen LogP contribution in [0.1, 0.15) is 163 Å². The van der Waals surface area contributed by atoms with Crippen LogP contribution in [0.25, 0.3) is 0 Å².